The van der Waals surface area contributed by atoms with Crippen LogP contribution in [0.5, 0.6) is 5.75 Å². The third kappa shape index (κ3) is 3.92. The molecule has 1 fully saturated rings. The zero-order valence-electron chi connectivity index (χ0n) is 17.1. The third-order valence-electron chi connectivity index (χ3n) is 5.47. The summed E-state index contributed by atoms with van der Waals surface area (Å²) in [5.41, 5.74) is 0.724. The molecule has 0 aromatic heterocycles. The largest absolute Gasteiger partial charge is 0.497 e. The molecular weight excluding hydrogens is 392 g/mol. The minimum absolute atomic E-state index is 0.287. The van der Waals surface area contributed by atoms with Crippen LogP contribution in [0.2, 0.25) is 0 Å². The lowest BCUT2D eigenvalue weighted by atomic mass is 9.83. The molecule has 6 heteroatoms. The Morgan fingerprint density at radius 2 is 1.52 bits per heavy atom. The quantitative estimate of drug-likeness (QED) is 0.474. The van der Waals surface area contributed by atoms with Crippen LogP contribution in [0, 0.1) is 0 Å². The molecule has 3 amide bonds. The van der Waals surface area contributed by atoms with E-state index >= 15 is 0 Å². The lowest BCUT2D eigenvalue weighted by Gasteiger charge is -2.27. The molecule has 1 aliphatic heterocycles. The molecule has 0 radical (unpaired) electrons. The second-order valence-corrected chi connectivity index (χ2v) is 7.41. The topological polar surface area (TPSA) is 75.7 Å². The van der Waals surface area contributed by atoms with E-state index in [1.165, 1.54) is 0 Å². The molecule has 1 N–H and O–H groups in total. The smallest absolute Gasteiger partial charge is 0.325 e. The van der Waals surface area contributed by atoms with Gasteiger partial charge in [-0.05, 0) is 35.4 Å². The number of ketones is 1. The highest BCUT2D eigenvalue weighted by Crippen LogP contribution is 2.33. The average molecular weight is 414 g/mol. The van der Waals surface area contributed by atoms with Gasteiger partial charge in [0.2, 0.25) is 0 Å². The maximum atomic E-state index is 13.6. The number of Topliss-reactive ketones (excluding diaryl/α,β-unsaturated/α-hetero) is 1. The molecule has 31 heavy (non-hydrogen) atoms. The van der Waals surface area contributed by atoms with Gasteiger partial charge in [0.1, 0.15) is 5.75 Å². The first-order valence-corrected chi connectivity index (χ1v) is 9.94. The molecule has 3 aromatic rings. The van der Waals surface area contributed by atoms with Crippen molar-refractivity contribution in [2.24, 2.45) is 0 Å². The number of rotatable bonds is 7. The Morgan fingerprint density at radius 1 is 0.903 bits per heavy atom. The van der Waals surface area contributed by atoms with Crippen molar-refractivity contribution in [1.82, 2.24) is 10.2 Å². The summed E-state index contributed by atoms with van der Waals surface area (Å²) in [7, 11) is 1.54. The van der Waals surface area contributed by atoms with Crippen LogP contribution < -0.4 is 10.1 Å². The van der Waals surface area contributed by atoms with Gasteiger partial charge in [0, 0.05) is 12.0 Å². The predicted molar refractivity (Wildman–Crippen MR) is 116 cm³/mol. The fraction of sp³-hybridized carbons (Fsp3) is 0.160. The number of ether oxygens (including phenoxy) is 1. The van der Waals surface area contributed by atoms with Gasteiger partial charge in [-0.15, -0.1) is 0 Å². The molecule has 156 valence electrons. The number of imide groups is 1. The maximum Gasteiger partial charge on any atom is 0.325 e. The third-order valence-corrected chi connectivity index (χ3v) is 5.47. The first-order valence-electron chi connectivity index (χ1n) is 9.94. The summed E-state index contributed by atoms with van der Waals surface area (Å²) in [6.07, 6.45) is 0.287. The van der Waals surface area contributed by atoms with Gasteiger partial charge >= 0.3 is 6.03 Å². The Bertz CT molecular complexity index is 1100. The lowest BCUT2D eigenvalue weighted by molar-refractivity contribution is -0.131. The Balaban J connectivity index is 1.64. The van der Waals surface area contributed by atoms with Crippen LogP contribution >= 0.6 is 0 Å². The Kier molecular flexibility index (Phi) is 5.54. The highest BCUT2D eigenvalue weighted by molar-refractivity contribution is 6.11. The van der Waals surface area contributed by atoms with Gasteiger partial charge in [-0.2, -0.15) is 0 Å². The summed E-state index contributed by atoms with van der Waals surface area (Å²) in [5, 5.41) is 2.87. The van der Waals surface area contributed by atoms with Crippen LogP contribution in [0.3, 0.4) is 0 Å². The van der Waals surface area contributed by atoms with Crippen LogP contribution in [0.25, 0.3) is 0 Å². The number of carbonyl (C=O) groups excluding carboxylic acids is 3. The van der Waals surface area contributed by atoms with E-state index in [1.807, 2.05) is 60.7 Å². The fourth-order valence-corrected chi connectivity index (χ4v) is 3.82. The van der Waals surface area contributed by atoms with Crippen molar-refractivity contribution in [2.75, 3.05) is 13.7 Å². The molecule has 0 saturated carbocycles. The molecule has 0 aliphatic carbocycles. The molecule has 1 aliphatic rings. The van der Waals surface area contributed by atoms with Gasteiger partial charge in [0.15, 0.2) is 11.3 Å². The van der Waals surface area contributed by atoms with Crippen LogP contribution in [-0.4, -0.2) is 36.3 Å². The van der Waals surface area contributed by atoms with Gasteiger partial charge < -0.3 is 10.1 Å². The number of urea groups is 1. The summed E-state index contributed by atoms with van der Waals surface area (Å²) >= 11 is 0. The van der Waals surface area contributed by atoms with Crippen molar-refractivity contribution < 1.29 is 19.1 Å². The van der Waals surface area contributed by atoms with E-state index < -0.39 is 17.5 Å². The van der Waals surface area contributed by atoms with Crippen molar-refractivity contribution >= 4 is 17.7 Å². The fourth-order valence-electron chi connectivity index (χ4n) is 3.82. The molecule has 0 spiro atoms. The second-order valence-electron chi connectivity index (χ2n) is 7.41. The zero-order chi connectivity index (χ0) is 21.8. The van der Waals surface area contributed by atoms with E-state index in [2.05, 4.69) is 5.32 Å². The number of nitrogens with one attached hydrogen (secondary N) is 1. The SMILES string of the molecule is COc1ccc(C(=O)CN2C(=O)N[C@](Cc3ccccc3)(c3ccccc3)C2=O)cc1. The number of methoxy groups -OCH3 is 1. The summed E-state index contributed by atoms with van der Waals surface area (Å²) in [5.74, 6) is -0.137. The number of benzene rings is 3. The Morgan fingerprint density at radius 3 is 2.13 bits per heavy atom. The number of hydrogen-bond acceptors (Lipinski definition) is 4. The highest BCUT2D eigenvalue weighted by Gasteiger charge is 2.52. The molecule has 3 aromatic carbocycles. The van der Waals surface area contributed by atoms with Gasteiger partial charge in [-0.3, -0.25) is 14.5 Å². The van der Waals surface area contributed by atoms with E-state index in [9.17, 15) is 14.4 Å². The Hall–Kier alpha value is -3.93. The zero-order valence-corrected chi connectivity index (χ0v) is 17.1. The van der Waals surface area contributed by atoms with Crippen LogP contribution in [0.15, 0.2) is 84.9 Å². The van der Waals surface area contributed by atoms with Gasteiger partial charge in [0.05, 0.1) is 13.7 Å². The molecule has 1 saturated heterocycles. The van der Waals surface area contributed by atoms with Crippen molar-refractivity contribution in [3.05, 3.63) is 102 Å². The van der Waals surface area contributed by atoms with E-state index in [-0.39, 0.29) is 18.7 Å². The number of hydrogen-bond donors (Lipinski definition) is 1. The summed E-state index contributed by atoms with van der Waals surface area (Å²) in [4.78, 5) is 40.2. The van der Waals surface area contributed by atoms with E-state index in [4.69, 9.17) is 4.74 Å². The number of carbonyl (C=O) groups is 3. The number of amides is 3. The van der Waals surface area contributed by atoms with Gasteiger partial charge in [0.25, 0.3) is 5.91 Å². The highest BCUT2D eigenvalue weighted by atomic mass is 16.5. The Labute approximate surface area is 180 Å². The molecule has 4 rings (SSSR count). The minimum atomic E-state index is -1.26. The van der Waals surface area contributed by atoms with Gasteiger partial charge in [-0.25, -0.2) is 4.79 Å². The summed E-state index contributed by atoms with van der Waals surface area (Å²) < 4.78 is 5.11. The normalized spacial score (nSPS) is 18.0. The van der Waals surface area contributed by atoms with Crippen LogP contribution in [0.4, 0.5) is 4.79 Å². The predicted octanol–water partition coefficient (Wildman–Crippen LogP) is 3.57. The second kappa shape index (κ2) is 8.44. The first-order chi connectivity index (χ1) is 15.0. The van der Waals surface area contributed by atoms with Crippen molar-refractivity contribution in [2.45, 2.75) is 12.0 Å². The summed E-state index contributed by atoms with van der Waals surface area (Å²) in [6, 6.07) is 24.6. The van der Waals surface area contributed by atoms with E-state index in [0.717, 1.165) is 10.5 Å². The average Bonchev–Trinajstić information content (AvgIpc) is 3.05. The molecule has 1 heterocycles. The van der Waals surface area contributed by atoms with E-state index in [1.54, 1.807) is 31.4 Å². The standard InChI is InChI=1S/C25H22N2O4/c1-31-21-14-12-19(13-15-21)22(28)17-27-23(29)25(26-24(27)30,20-10-6-3-7-11-20)16-18-8-4-2-5-9-18/h2-15H,16-17H2,1H3,(H,26,30)/t25-/m1/s1. The van der Waals surface area contributed by atoms with Crippen molar-refractivity contribution in [1.29, 1.82) is 0 Å². The summed E-state index contributed by atoms with van der Waals surface area (Å²) in [6.45, 7) is -0.333. The monoisotopic (exact) mass is 414 g/mol. The van der Waals surface area contributed by atoms with Gasteiger partial charge in [-0.1, -0.05) is 60.7 Å². The minimum Gasteiger partial charge on any atom is -0.497 e. The molecule has 0 unspecified atom stereocenters. The maximum absolute atomic E-state index is 13.6. The molecule has 0 bridgehead atoms. The molecule has 1 atom stereocenters. The van der Waals surface area contributed by atoms with Crippen molar-refractivity contribution in [3.8, 4) is 5.75 Å². The molecular formula is C25H22N2O4. The first kappa shape index (κ1) is 20.3. The van der Waals surface area contributed by atoms with E-state index in [0.29, 0.717) is 16.9 Å². The van der Waals surface area contributed by atoms with Crippen molar-refractivity contribution in [3.63, 3.8) is 0 Å². The number of nitrogens with zero attached hydrogens (tertiary/aromatic N) is 1. The van der Waals surface area contributed by atoms with Crippen LogP contribution in [-0.2, 0) is 16.8 Å². The van der Waals surface area contributed by atoms with Crippen LogP contribution in [0.1, 0.15) is 21.5 Å². The molecule has 6 nitrogen and oxygen atoms in total. The lowest BCUT2D eigenvalue weighted by Crippen LogP contribution is -2.46.